The first-order valence-electron chi connectivity index (χ1n) is 5.24. The van der Waals surface area contributed by atoms with Crippen LogP contribution in [0.4, 0.5) is 0 Å². The van der Waals surface area contributed by atoms with Gasteiger partial charge in [-0.05, 0) is 6.42 Å². The first-order valence-corrected chi connectivity index (χ1v) is 6.12. The molecule has 7 heteroatoms. The summed E-state index contributed by atoms with van der Waals surface area (Å²) in [6, 6.07) is 0. The summed E-state index contributed by atoms with van der Waals surface area (Å²) >= 11 is 1.30. The van der Waals surface area contributed by atoms with Crippen LogP contribution in [0.5, 0.6) is 0 Å². The Morgan fingerprint density at radius 2 is 2.29 bits per heavy atom. The lowest BCUT2D eigenvalue weighted by atomic mass is 10.3. The van der Waals surface area contributed by atoms with E-state index in [0.29, 0.717) is 18.0 Å². The van der Waals surface area contributed by atoms with Crippen LogP contribution in [0.3, 0.4) is 0 Å². The van der Waals surface area contributed by atoms with E-state index in [1.54, 1.807) is 5.38 Å². The van der Waals surface area contributed by atoms with Crippen LogP contribution in [-0.2, 0) is 11.3 Å². The monoisotopic (exact) mass is 257 g/mol. The minimum Gasteiger partial charge on any atom is -0.480 e. The number of hydrogen-bond donors (Lipinski definition) is 2. The normalized spacial score (nSPS) is 10.2. The Kier molecular flexibility index (Phi) is 5.05. The molecule has 1 aromatic rings. The zero-order chi connectivity index (χ0) is 12.8. The number of nitrogens with two attached hydrogens (primary N) is 1. The number of amides is 1. The third kappa shape index (κ3) is 3.79. The third-order valence-corrected chi connectivity index (χ3v) is 2.92. The number of thiazole rings is 1. The highest BCUT2D eigenvalue weighted by Gasteiger charge is 2.19. The lowest BCUT2D eigenvalue weighted by molar-refractivity contribution is -0.137. The largest absolute Gasteiger partial charge is 0.480 e. The van der Waals surface area contributed by atoms with Crippen molar-refractivity contribution < 1.29 is 14.7 Å². The zero-order valence-corrected chi connectivity index (χ0v) is 10.4. The summed E-state index contributed by atoms with van der Waals surface area (Å²) in [5.41, 5.74) is 5.68. The molecule has 0 aliphatic carbocycles. The molecule has 0 fully saturated rings. The SMILES string of the molecule is CCCN(CC(=O)O)C(=O)c1csc(CN)n1. The van der Waals surface area contributed by atoms with Crippen LogP contribution in [-0.4, -0.2) is 40.0 Å². The van der Waals surface area contributed by atoms with Gasteiger partial charge in [-0.1, -0.05) is 6.92 Å². The van der Waals surface area contributed by atoms with Gasteiger partial charge in [0.2, 0.25) is 0 Å². The molecule has 0 bridgehead atoms. The Balaban J connectivity index is 2.79. The van der Waals surface area contributed by atoms with Crippen molar-refractivity contribution in [1.82, 2.24) is 9.88 Å². The molecule has 1 aromatic heterocycles. The van der Waals surface area contributed by atoms with Gasteiger partial charge in [-0.25, -0.2) is 4.98 Å². The Hall–Kier alpha value is -1.47. The summed E-state index contributed by atoms with van der Waals surface area (Å²) in [6.07, 6.45) is 0.701. The molecule has 6 nitrogen and oxygen atoms in total. The molecule has 0 aromatic carbocycles. The number of nitrogens with zero attached hydrogens (tertiary/aromatic N) is 2. The van der Waals surface area contributed by atoms with Gasteiger partial charge in [-0.15, -0.1) is 11.3 Å². The fourth-order valence-corrected chi connectivity index (χ4v) is 2.00. The van der Waals surface area contributed by atoms with Gasteiger partial charge in [0.15, 0.2) is 0 Å². The molecule has 94 valence electrons. The lowest BCUT2D eigenvalue weighted by Crippen LogP contribution is -2.36. The minimum absolute atomic E-state index is 0.269. The summed E-state index contributed by atoms with van der Waals surface area (Å²) in [5, 5.41) is 11.0. The van der Waals surface area contributed by atoms with Gasteiger partial charge < -0.3 is 15.7 Å². The average Bonchev–Trinajstić information content (AvgIpc) is 2.75. The molecule has 1 rings (SSSR count). The van der Waals surface area contributed by atoms with E-state index in [9.17, 15) is 9.59 Å². The fourth-order valence-electron chi connectivity index (χ4n) is 1.35. The predicted molar refractivity (Wildman–Crippen MR) is 63.8 cm³/mol. The maximum Gasteiger partial charge on any atom is 0.323 e. The summed E-state index contributed by atoms with van der Waals surface area (Å²) in [4.78, 5) is 27.9. The molecular weight excluding hydrogens is 242 g/mol. The molecule has 0 aliphatic heterocycles. The van der Waals surface area contributed by atoms with Crippen LogP contribution in [0.2, 0.25) is 0 Å². The van der Waals surface area contributed by atoms with Crippen molar-refractivity contribution in [3.63, 3.8) is 0 Å². The number of carbonyl (C=O) groups is 2. The second kappa shape index (κ2) is 6.31. The van der Waals surface area contributed by atoms with Gasteiger partial charge in [-0.2, -0.15) is 0 Å². The number of carboxylic acids is 1. The van der Waals surface area contributed by atoms with Crippen molar-refractivity contribution in [3.05, 3.63) is 16.1 Å². The van der Waals surface area contributed by atoms with E-state index in [0.717, 1.165) is 0 Å². The Morgan fingerprint density at radius 3 is 2.76 bits per heavy atom. The van der Waals surface area contributed by atoms with Crippen LogP contribution < -0.4 is 5.73 Å². The molecule has 0 atom stereocenters. The maximum absolute atomic E-state index is 12.0. The molecule has 0 saturated carbocycles. The summed E-state index contributed by atoms with van der Waals surface area (Å²) in [7, 11) is 0. The Labute approximate surface area is 103 Å². The fraction of sp³-hybridized carbons (Fsp3) is 0.500. The van der Waals surface area contributed by atoms with Crippen molar-refractivity contribution in [3.8, 4) is 0 Å². The third-order valence-electron chi connectivity index (χ3n) is 2.05. The Morgan fingerprint density at radius 1 is 1.59 bits per heavy atom. The lowest BCUT2D eigenvalue weighted by Gasteiger charge is -2.18. The molecule has 0 spiro atoms. The summed E-state index contributed by atoms with van der Waals surface area (Å²) < 4.78 is 0. The van der Waals surface area contributed by atoms with E-state index >= 15 is 0 Å². The van der Waals surface area contributed by atoms with Crippen LogP contribution >= 0.6 is 11.3 Å². The van der Waals surface area contributed by atoms with E-state index in [4.69, 9.17) is 10.8 Å². The van der Waals surface area contributed by atoms with E-state index in [2.05, 4.69) is 4.98 Å². The van der Waals surface area contributed by atoms with Gasteiger partial charge in [-0.3, -0.25) is 9.59 Å². The molecule has 17 heavy (non-hydrogen) atoms. The van der Waals surface area contributed by atoms with Gasteiger partial charge in [0, 0.05) is 18.5 Å². The van der Waals surface area contributed by atoms with Crippen LogP contribution in [0.25, 0.3) is 0 Å². The van der Waals surface area contributed by atoms with Crippen LogP contribution in [0, 0.1) is 0 Å². The van der Waals surface area contributed by atoms with Crippen molar-refractivity contribution in [1.29, 1.82) is 0 Å². The molecule has 0 aliphatic rings. The standard InChI is InChI=1S/C10H15N3O3S/c1-2-3-13(5-9(14)15)10(16)7-6-17-8(4-11)12-7/h6H,2-5,11H2,1H3,(H,14,15). The number of aromatic nitrogens is 1. The number of carboxylic acid groups (broad SMARTS) is 1. The molecule has 0 saturated heterocycles. The van der Waals surface area contributed by atoms with E-state index in [1.807, 2.05) is 6.92 Å². The summed E-state index contributed by atoms with van der Waals surface area (Å²) in [6.45, 7) is 2.27. The van der Waals surface area contributed by atoms with E-state index in [1.165, 1.54) is 16.2 Å². The second-order valence-corrected chi connectivity index (χ2v) is 4.39. The topological polar surface area (TPSA) is 96.5 Å². The van der Waals surface area contributed by atoms with Gasteiger partial charge in [0.05, 0.1) is 0 Å². The van der Waals surface area contributed by atoms with Crippen LogP contribution in [0.15, 0.2) is 5.38 Å². The molecule has 3 N–H and O–H groups in total. The van der Waals surface area contributed by atoms with Crippen molar-refractivity contribution in [2.75, 3.05) is 13.1 Å². The molecule has 0 unspecified atom stereocenters. The molecule has 0 radical (unpaired) electrons. The van der Waals surface area contributed by atoms with Crippen LogP contribution in [0.1, 0.15) is 28.8 Å². The number of hydrogen-bond acceptors (Lipinski definition) is 5. The summed E-state index contributed by atoms with van der Waals surface area (Å²) in [5.74, 6) is -1.38. The van der Waals surface area contributed by atoms with Crippen molar-refractivity contribution >= 4 is 23.2 Å². The number of carbonyl (C=O) groups excluding carboxylic acids is 1. The minimum atomic E-state index is -1.03. The smallest absolute Gasteiger partial charge is 0.323 e. The number of rotatable bonds is 6. The van der Waals surface area contributed by atoms with Crippen molar-refractivity contribution in [2.24, 2.45) is 5.73 Å². The Bertz CT molecular complexity index is 405. The van der Waals surface area contributed by atoms with E-state index in [-0.39, 0.29) is 24.7 Å². The number of aliphatic carboxylic acids is 1. The molecular formula is C10H15N3O3S. The van der Waals surface area contributed by atoms with Gasteiger partial charge in [0.1, 0.15) is 17.2 Å². The van der Waals surface area contributed by atoms with Crippen molar-refractivity contribution in [2.45, 2.75) is 19.9 Å². The zero-order valence-electron chi connectivity index (χ0n) is 9.55. The molecule has 1 amide bonds. The quantitative estimate of drug-likeness (QED) is 0.775. The first-order chi connectivity index (χ1) is 8.08. The molecule has 1 heterocycles. The highest BCUT2D eigenvalue weighted by atomic mass is 32.1. The average molecular weight is 257 g/mol. The predicted octanol–water partition coefficient (Wildman–Crippen LogP) is 0.539. The van der Waals surface area contributed by atoms with Gasteiger partial charge in [0.25, 0.3) is 5.91 Å². The second-order valence-electron chi connectivity index (χ2n) is 3.45. The highest BCUT2D eigenvalue weighted by molar-refractivity contribution is 7.09. The van der Waals surface area contributed by atoms with Gasteiger partial charge >= 0.3 is 5.97 Å². The first kappa shape index (κ1) is 13.6. The maximum atomic E-state index is 12.0. The highest BCUT2D eigenvalue weighted by Crippen LogP contribution is 2.11. The van der Waals surface area contributed by atoms with E-state index < -0.39 is 5.97 Å².